The summed E-state index contributed by atoms with van der Waals surface area (Å²) in [6.07, 6.45) is 0. The minimum Gasteiger partial charge on any atom is -0.208 e. The molecule has 9 rings (SSSR count). The van der Waals surface area contributed by atoms with E-state index in [1.807, 2.05) is 18.2 Å². The average molecular weight is 598 g/mol. The van der Waals surface area contributed by atoms with Gasteiger partial charge in [-0.05, 0) is 62.6 Å². The molecule has 5 heteroatoms. The molecule has 0 N–H and O–H groups in total. The molecule has 0 saturated heterocycles. The largest absolute Gasteiger partial charge is 0.208 e. The van der Waals surface area contributed by atoms with E-state index in [0.29, 0.717) is 17.5 Å². The van der Waals surface area contributed by atoms with Gasteiger partial charge in [-0.25, -0.2) is 15.0 Å². The van der Waals surface area contributed by atoms with Crippen LogP contribution in [0.25, 0.3) is 66.5 Å². The van der Waals surface area contributed by atoms with Crippen LogP contribution in [0.5, 0.6) is 0 Å². The second kappa shape index (κ2) is 10.3. The molecular formula is C39H23N3S2. The van der Waals surface area contributed by atoms with E-state index in [4.69, 9.17) is 15.0 Å². The number of hydrogen-bond donors (Lipinski definition) is 0. The monoisotopic (exact) mass is 597 g/mol. The minimum absolute atomic E-state index is 0.666. The molecule has 1 aromatic heterocycles. The van der Waals surface area contributed by atoms with Gasteiger partial charge in [0.05, 0.1) is 0 Å². The molecule has 0 atom stereocenters. The Kier molecular flexibility index (Phi) is 6.00. The second-order valence-electron chi connectivity index (χ2n) is 10.8. The Morgan fingerprint density at radius 2 is 0.864 bits per heavy atom. The Morgan fingerprint density at radius 3 is 1.57 bits per heavy atom. The van der Waals surface area contributed by atoms with Crippen LogP contribution >= 0.6 is 23.5 Å². The maximum Gasteiger partial charge on any atom is 0.165 e. The van der Waals surface area contributed by atoms with Gasteiger partial charge in [0.15, 0.2) is 17.5 Å². The first-order valence-electron chi connectivity index (χ1n) is 14.5. The van der Waals surface area contributed by atoms with Crippen LogP contribution in [0.4, 0.5) is 0 Å². The summed E-state index contributed by atoms with van der Waals surface area (Å²) < 4.78 is 0. The summed E-state index contributed by atoms with van der Waals surface area (Å²) in [5.74, 6) is 2.02. The highest BCUT2D eigenvalue weighted by atomic mass is 32.2. The van der Waals surface area contributed by atoms with Gasteiger partial charge in [0.2, 0.25) is 0 Å². The van der Waals surface area contributed by atoms with Gasteiger partial charge in [-0.2, -0.15) is 0 Å². The first-order valence-corrected chi connectivity index (χ1v) is 16.2. The van der Waals surface area contributed by atoms with Crippen molar-refractivity contribution in [3.63, 3.8) is 0 Å². The summed E-state index contributed by atoms with van der Waals surface area (Å²) in [4.78, 5) is 20.2. The Morgan fingerprint density at radius 1 is 0.341 bits per heavy atom. The van der Waals surface area contributed by atoms with Crippen LogP contribution in [0, 0.1) is 0 Å². The van der Waals surface area contributed by atoms with Crippen LogP contribution in [-0.2, 0) is 0 Å². The topological polar surface area (TPSA) is 38.7 Å². The van der Waals surface area contributed by atoms with Gasteiger partial charge in [0.1, 0.15) is 0 Å². The van der Waals surface area contributed by atoms with Crippen molar-refractivity contribution in [2.75, 3.05) is 0 Å². The number of aromatic nitrogens is 3. The highest BCUT2D eigenvalue weighted by Crippen LogP contribution is 2.51. The number of nitrogens with zero attached hydrogens (tertiary/aromatic N) is 3. The van der Waals surface area contributed by atoms with Crippen LogP contribution < -0.4 is 0 Å². The summed E-state index contributed by atoms with van der Waals surface area (Å²) >= 11 is 3.59. The number of benzene rings is 7. The highest BCUT2D eigenvalue weighted by molar-refractivity contribution is 8.05. The molecule has 0 aliphatic carbocycles. The van der Waals surface area contributed by atoms with Gasteiger partial charge in [-0.1, -0.05) is 133 Å². The molecule has 0 fully saturated rings. The Labute approximate surface area is 263 Å². The van der Waals surface area contributed by atoms with E-state index in [-0.39, 0.29) is 0 Å². The third-order valence-electron chi connectivity index (χ3n) is 8.17. The van der Waals surface area contributed by atoms with E-state index >= 15 is 0 Å². The predicted molar refractivity (Wildman–Crippen MR) is 183 cm³/mol. The summed E-state index contributed by atoms with van der Waals surface area (Å²) in [5.41, 5.74) is 2.95. The normalized spacial score (nSPS) is 12.4. The molecule has 1 aliphatic heterocycles. The zero-order valence-electron chi connectivity index (χ0n) is 23.4. The number of rotatable bonds is 3. The summed E-state index contributed by atoms with van der Waals surface area (Å²) in [6, 6.07) is 49.1. The zero-order chi connectivity index (χ0) is 29.0. The van der Waals surface area contributed by atoms with Crippen LogP contribution in [0.15, 0.2) is 159 Å². The fourth-order valence-corrected chi connectivity index (χ4v) is 8.49. The maximum atomic E-state index is 5.17. The Balaban J connectivity index is 1.27. The second-order valence-corrected chi connectivity index (χ2v) is 12.9. The van der Waals surface area contributed by atoms with Gasteiger partial charge in [-0.15, -0.1) is 0 Å². The van der Waals surface area contributed by atoms with Gasteiger partial charge in [0.25, 0.3) is 0 Å². The molecule has 0 unspecified atom stereocenters. The lowest BCUT2D eigenvalue weighted by molar-refractivity contribution is 1.05. The Bertz CT molecular complexity index is 2370. The molecule has 8 aromatic rings. The third kappa shape index (κ3) is 4.20. The van der Waals surface area contributed by atoms with Gasteiger partial charge in [0, 0.05) is 36.3 Å². The van der Waals surface area contributed by atoms with Crippen LogP contribution in [-0.4, -0.2) is 15.0 Å². The number of fused-ring (bicyclic) bond motifs is 8. The molecule has 0 saturated carbocycles. The maximum absolute atomic E-state index is 5.17. The Hall–Kier alpha value is -4.97. The lowest BCUT2D eigenvalue weighted by Gasteiger charge is -2.20. The minimum atomic E-state index is 0.666. The smallest absolute Gasteiger partial charge is 0.165 e. The predicted octanol–water partition coefficient (Wildman–Crippen LogP) is 10.9. The van der Waals surface area contributed by atoms with E-state index in [2.05, 4.69) is 121 Å². The van der Waals surface area contributed by atoms with E-state index in [9.17, 15) is 0 Å². The molecule has 0 radical (unpaired) electrons. The van der Waals surface area contributed by atoms with E-state index in [1.54, 1.807) is 23.5 Å². The molecular weight excluding hydrogens is 575 g/mol. The van der Waals surface area contributed by atoms with Crippen molar-refractivity contribution in [2.45, 2.75) is 19.6 Å². The first-order chi connectivity index (χ1) is 21.8. The average Bonchev–Trinajstić information content (AvgIpc) is 3.10. The molecule has 2 heterocycles. The van der Waals surface area contributed by atoms with Crippen molar-refractivity contribution >= 4 is 55.8 Å². The van der Waals surface area contributed by atoms with Crippen molar-refractivity contribution < 1.29 is 0 Å². The number of hydrogen-bond acceptors (Lipinski definition) is 5. The molecule has 206 valence electrons. The summed E-state index contributed by atoms with van der Waals surface area (Å²) in [7, 11) is 0. The molecule has 1 aliphatic rings. The molecule has 3 nitrogen and oxygen atoms in total. The zero-order valence-corrected chi connectivity index (χ0v) is 25.1. The highest BCUT2D eigenvalue weighted by Gasteiger charge is 2.23. The van der Waals surface area contributed by atoms with Crippen LogP contribution in [0.3, 0.4) is 0 Å². The lowest BCUT2D eigenvalue weighted by Crippen LogP contribution is -2.02. The first kappa shape index (κ1) is 25.5. The van der Waals surface area contributed by atoms with E-state index < -0.39 is 0 Å². The van der Waals surface area contributed by atoms with Gasteiger partial charge < -0.3 is 0 Å². The molecule has 44 heavy (non-hydrogen) atoms. The van der Waals surface area contributed by atoms with Gasteiger partial charge >= 0.3 is 0 Å². The van der Waals surface area contributed by atoms with Crippen molar-refractivity contribution in [1.29, 1.82) is 0 Å². The fraction of sp³-hybridized carbons (Fsp3) is 0. The molecule has 7 aromatic carbocycles. The van der Waals surface area contributed by atoms with Crippen LogP contribution in [0.1, 0.15) is 0 Å². The van der Waals surface area contributed by atoms with E-state index in [0.717, 1.165) is 16.7 Å². The fourth-order valence-electron chi connectivity index (χ4n) is 6.11. The molecule has 0 bridgehead atoms. The summed E-state index contributed by atoms with van der Waals surface area (Å²) in [6.45, 7) is 0. The van der Waals surface area contributed by atoms with Crippen molar-refractivity contribution in [2.24, 2.45) is 0 Å². The SMILES string of the molecule is c1ccc(-c2nc(-c3ccc4c5ccccc5c5ccccc5c4c3)nc(-c3cccc4c3Sc3ccccc3S4)n2)cc1. The lowest BCUT2D eigenvalue weighted by atomic mass is 9.93. The van der Waals surface area contributed by atoms with Crippen molar-refractivity contribution in [1.82, 2.24) is 15.0 Å². The van der Waals surface area contributed by atoms with Crippen LogP contribution in [0.2, 0.25) is 0 Å². The standard InChI is InChI=1S/C39H23N3S2/c1-2-11-24(12-3-1)37-40-38(42-39(41-37)31-17-10-20-35-36(31)44-34-19-9-8-18-33(34)43-35)25-21-22-30-28-15-5-4-13-26(28)27-14-6-7-16-29(27)32(30)23-25/h1-23H. The van der Waals surface area contributed by atoms with Gasteiger partial charge in [-0.3, -0.25) is 0 Å². The molecule has 0 amide bonds. The quantitative estimate of drug-likeness (QED) is 0.189. The summed E-state index contributed by atoms with van der Waals surface area (Å²) in [5, 5.41) is 7.41. The van der Waals surface area contributed by atoms with E-state index in [1.165, 1.54) is 51.9 Å². The molecule has 0 spiro atoms. The third-order valence-corrected chi connectivity index (χ3v) is 10.8. The van der Waals surface area contributed by atoms with Crippen molar-refractivity contribution in [3.8, 4) is 34.2 Å². The van der Waals surface area contributed by atoms with Crippen molar-refractivity contribution in [3.05, 3.63) is 140 Å².